The SMILES string of the molecule is CCc1ccccc1O[C@H](C)C(=O)NCCOc1ccc(S(=O)(=O)N(C)C)cc1. The van der Waals surface area contributed by atoms with Crippen LogP contribution in [-0.4, -0.2) is 52.0 Å². The molecule has 8 heteroatoms. The largest absolute Gasteiger partial charge is 0.492 e. The molecule has 1 amide bonds. The number of carbonyl (C=O) groups excluding carboxylic acids is 1. The van der Waals surface area contributed by atoms with Crippen LogP contribution in [-0.2, 0) is 21.2 Å². The Kier molecular flexibility index (Phi) is 8.04. The van der Waals surface area contributed by atoms with E-state index in [0.29, 0.717) is 18.0 Å². The van der Waals surface area contributed by atoms with Crippen LogP contribution in [0.25, 0.3) is 0 Å². The first kappa shape index (κ1) is 22.7. The molecule has 0 saturated heterocycles. The van der Waals surface area contributed by atoms with E-state index in [-0.39, 0.29) is 17.4 Å². The molecule has 2 aromatic carbocycles. The Balaban J connectivity index is 1.79. The minimum atomic E-state index is -3.46. The number of para-hydroxylation sites is 1. The number of rotatable bonds is 10. The molecule has 0 unspecified atom stereocenters. The van der Waals surface area contributed by atoms with Gasteiger partial charge >= 0.3 is 0 Å². The van der Waals surface area contributed by atoms with E-state index in [1.165, 1.54) is 26.2 Å². The molecule has 0 aliphatic carbocycles. The first-order valence-electron chi connectivity index (χ1n) is 9.43. The molecule has 0 aliphatic heterocycles. The van der Waals surface area contributed by atoms with Crippen molar-refractivity contribution in [1.29, 1.82) is 0 Å². The van der Waals surface area contributed by atoms with Crippen LogP contribution in [0.15, 0.2) is 53.4 Å². The van der Waals surface area contributed by atoms with Gasteiger partial charge in [0.2, 0.25) is 10.0 Å². The van der Waals surface area contributed by atoms with Gasteiger partial charge in [0.1, 0.15) is 18.1 Å². The van der Waals surface area contributed by atoms with Gasteiger partial charge in [0.05, 0.1) is 11.4 Å². The van der Waals surface area contributed by atoms with Gasteiger partial charge in [-0.2, -0.15) is 0 Å². The number of nitrogens with zero attached hydrogens (tertiary/aromatic N) is 1. The van der Waals surface area contributed by atoms with Crippen molar-refractivity contribution in [3.63, 3.8) is 0 Å². The second-order valence-corrected chi connectivity index (χ2v) is 8.77. The van der Waals surface area contributed by atoms with E-state index in [1.807, 2.05) is 31.2 Å². The lowest BCUT2D eigenvalue weighted by molar-refractivity contribution is -0.127. The summed E-state index contributed by atoms with van der Waals surface area (Å²) in [7, 11) is -0.503. The van der Waals surface area contributed by atoms with E-state index in [1.54, 1.807) is 19.1 Å². The zero-order valence-corrected chi connectivity index (χ0v) is 18.0. The highest BCUT2D eigenvalue weighted by Crippen LogP contribution is 2.20. The van der Waals surface area contributed by atoms with Gasteiger partial charge in [-0.3, -0.25) is 4.79 Å². The Hall–Kier alpha value is -2.58. The maximum Gasteiger partial charge on any atom is 0.260 e. The molecular formula is C21H28N2O5S. The Morgan fingerprint density at radius 2 is 1.76 bits per heavy atom. The predicted octanol–water partition coefficient (Wildman–Crippen LogP) is 2.46. The van der Waals surface area contributed by atoms with Gasteiger partial charge in [0.25, 0.3) is 5.91 Å². The van der Waals surface area contributed by atoms with Gasteiger partial charge in [-0.05, 0) is 49.2 Å². The maximum atomic E-state index is 12.2. The highest BCUT2D eigenvalue weighted by Gasteiger charge is 2.17. The monoisotopic (exact) mass is 420 g/mol. The summed E-state index contributed by atoms with van der Waals surface area (Å²) in [5.74, 6) is 1.01. The zero-order chi connectivity index (χ0) is 21.4. The molecule has 0 spiro atoms. The van der Waals surface area contributed by atoms with E-state index in [4.69, 9.17) is 9.47 Å². The molecule has 1 N–H and O–H groups in total. The molecule has 0 aromatic heterocycles. The van der Waals surface area contributed by atoms with Crippen molar-refractivity contribution >= 4 is 15.9 Å². The summed E-state index contributed by atoms with van der Waals surface area (Å²) in [6.07, 6.45) is 0.200. The minimum Gasteiger partial charge on any atom is -0.492 e. The van der Waals surface area contributed by atoms with E-state index in [9.17, 15) is 13.2 Å². The lowest BCUT2D eigenvalue weighted by Crippen LogP contribution is -2.38. The molecule has 2 rings (SSSR count). The van der Waals surface area contributed by atoms with E-state index in [0.717, 1.165) is 16.3 Å². The van der Waals surface area contributed by atoms with Crippen LogP contribution in [0, 0.1) is 0 Å². The molecule has 1 atom stereocenters. The molecule has 158 valence electrons. The Bertz CT molecular complexity index is 911. The Morgan fingerprint density at radius 3 is 2.38 bits per heavy atom. The van der Waals surface area contributed by atoms with Gasteiger partial charge < -0.3 is 14.8 Å². The molecule has 0 fully saturated rings. The lowest BCUT2D eigenvalue weighted by atomic mass is 10.1. The van der Waals surface area contributed by atoms with Crippen molar-refractivity contribution in [3.05, 3.63) is 54.1 Å². The smallest absolute Gasteiger partial charge is 0.260 e. The molecule has 7 nitrogen and oxygen atoms in total. The number of nitrogens with one attached hydrogen (secondary N) is 1. The van der Waals surface area contributed by atoms with Crippen LogP contribution in [0.5, 0.6) is 11.5 Å². The highest BCUT2D eigenvalue weighted by atomic mass is 32.2. The van der Waals surface area contributed by atoms with E-state index >= 15 is 0 Å². The maximum absolute atomic E-state index is 12.2. The van der Waals surface area contributed by atoms with Gasteiger partial charge in [-0.25, -0.2) is 12.7 Å². The summed E-state index contributed by atoms with van der Waals surface area (Å²) in [5.41, 5.74) is 1.05. The third kappa shape index (κ3) is 6.20. The summed E-state index contributed by atoms with van der Waals surface area (Å²) < 4.78 is 36.6. The molecule has 0 saturated carbocycles. The fourth-order valence-electron chi connectivity index (χ4n) is 2.56. The van der Waals surface area contributed by atoms with Crippen molar-refractivity contribution in [2.75, 3.05) is 27.2 Å². The second-order valence-electron chi connectivity index (χ2n) is 6.62. The van der Waals surface area contributed by atoms with Crippen molar-refractivity contribution < 1.29 is 22.7 Å². The summed E-state index contributed by atoms with van der Waals surface area (Å²) in [4.78, 5) is 12.4. The lowest BCUT2D eigenvalue weighted by Gasteiger charge is -2.17. The average molecular weight is 421 g/mol. The van der Waals surface area contributed by atoms with Crippen molar-refractivity contribution in [3.8, 4) is 11.5 Å². The minimum absolute atomic E-state index is 0.196. The van der Waals surface area contributed by atoms with Crippen molar-refractivity contribution in [1.82, 2.24) is 9.62 Å². The number of hydrogen-bond acceptors (Lipinski definition) is 5. The van der Waals surface area contributed by atoms with Gasteiger partial charge in [0, 0.05) is 14.1 Å². The van der Waals surface area contributed by atoms with Gasteiger partial charge in [-0.15, -0.1) is 0 Å². The molecule has 0 bridgehead atoms. The number of benzene rings is 2. The predicted molar refractivity (Wildman–Crippen MR) is 112 cm³/mol. The normalized spacial score (nSPS) is 12.4. The topological polar surface area (TPSA) is 84.9 Å². The van der Waals surface area contributed by atoms with Crippen LogP contribution in [0.2, 0.25) is 0 Å². The first-order chi connectivity index (χ1) is 13.8. The summed E-state index contributed by atoms with van der Waals surface area (Å²) in [6.45, 7) is 4.29. The van der Waals surface area contributed by atoms with Crippen LogP contribution < -0.4 is 14.8 Å². The number of ether oxygens (including phenoxy) is 2. The number of amides is 1. The summed E-state index contributed by atoms with van der Waals surface area (Å²) >= 11 is 0. The zero-order valence-electron chi connectivity index (χ0n) is 17.2. The Morgan fingerprint density at radius 1 is 1.10 bits per heavy atom. The number of carbonyl (C=O) groups is 1. The van der Waals surface area contributed by atoms with E-state index in [2.05, 4.69) is 5.32 Å². The van der Waals surface area contributed by atoms with Crippen LogP contribution in [0.4, 0.5) is 0 Å². The first-order valence-corrected chi connectivity index (χ1v) is 10.9. The van der Waals surface area contributed by atoms with Gasteiger partial charge in [-0.1, -0.05) is 25.1 Å². The number of aryl methyl sites for hydroxylation is 1. The highest BCUT2D eigenvalue weighted by molar-refractivity contribution is 7.89. The third-order valence-corrected chi connectivity index (χ3v) is 6.13. The fourth-order valence-corrected chi connectivity index (χ4v) is 3.46. The molecule has 0 aliphatic rings. The van der Waals surface area contributed by atoms with Crippen LogP contribution >= 0.6 is 0 Å². The summed E-state index contributed by atoms with van der Waals surface area (Å²) in [6, 6.07) is 13.8. The number of sulfonamides is 1. The fraction of sp³-hybridized carbons (Fsp3) is 0.381. The van der Waals surface area contributed by atoms with Gasteiger partial charge in [0.15, 0.2) is 6.10 Å². The van der Waals surface area contributed by atoms with Crippen LogP contribution in [0.3, 0.4) is 0 Å². The molecule has 0 radical (unpaired) electrons. The number of hydrogen-bond donors (Lipinski definition) is 1. The average Bonchev–Trinajstić information content (AvgIpc) is 2.71. The second kappa shape index (κ2) is 10.3. The van der Waals surface area contributed by atoms with Crippen molar-refractivity contribution in [2.45, 2.75) is 31.3 Å². The van der Waals surface area contributed by atoms with Crippen LogP contribution in [0.1, 0.15) is 19.4 Å². The van der Waals surface area contributed by atoms with Crippen molar-refractivity contribution in [2.24, 2.45) is 0 Å². The summed E-state index contributed by atoms with van der Waals surface area (Å²) in [5, 5.41) is 2.77. The standard InChI is InChI=1S/C21H28N2O5S/c1-5-17-8-6-7-9-20(17)28-16(2)21(24)22-14-15-27-18-10-12-19(13-11-18)29(25,26)23(3)4/h6-13,16H,5,14-15H2,1-4H3,(H,22,24)/t16-/m1/s1. The molecule has 0 heterocycles. The molecule has 29 heavy (non-hydrogen) atoms. The third-order valence-electron chi connectivity index (χ3n) is 4.30. The molecular weight excluding hydrogens is 392 g/mol. The molecule has 2 aromatic rings. The Labute approximate surface area is 172 Å². The quantitative estimate of drug-likeness (QED) is 0.597. The van der Waals surface area contributed by atoms with E-state index < -0.39 is 16.1 Å².